The molecule has 0 amide bonds. The van der Waals surface area contributed by atoms with Crippen molar-refractivity contribution in [2.75, 3.05) is 0 Å². The van der Waals surface area contributed by atoms with E-state index in [1.165, 1.54) is 0 Å². The number of benzene rings is 5. The number of rotatable bonds is 7. The summed E-state index contributed by atoms with van der Waals surface area (Å²) in [7, 11) is -3.15. The van der Waals surface area contributed by atoms with Gasteiger partial charge in [-0.2, -0.15) is 15.0 Å². The van der Waals surface area contributed by atoms with Crippen LogP contribution in [-0.2, 0) is 0 Å². The Balaban J connectivity index is 1.37. The molecule has 5 nitrogen and oxygen atoms in total. The molecule has 0 N–H and O–H groups in total. The van der Waals surface area contributed by atoms with Gasteiger partial charge in [0.2, 0.25) is 11.9 Å². The van der Waals surface area contributed by atoms with Crippen LogP contribution in [0.3, 0.4) is 0 Å². The molecular formula is C51H53N5Si. The van der Waals surface area contributed by atoms with Crippen molar-refractivity contribution in [1.82, 2.24) is 24.1 Å². The van der Waals surface area contributed by atoms with Crippen LogP contribution in [0.15, 0.2) is 121 Å². The van der Waals surface area contributed by atoms with Gasteiger partial charge in [0.15, 0.2) is 5.82 Å². The summed E-state index contributed by atoms with van der Waals surface area (Å²) < 4.78 is 186. The van der Waals surface area contributed by atoms with Gasteiger partial charge in [0.25, 0.3) is 0 Å². The van der Waals surface area contributed by atoms with Crippen molar-refractivity contribution in [1.29, 1.82) is 0 Å². The number of hydrogen-bond acceptors (Lipinski definition) is 3. The van der Waals surface area contributed by atoms with Crippen LogP contribution in [0.5, 0.6) is 0 Å². The average Bonchev–Trinajstić information content (AvgIpc) is 4.00. The molecular weight excluding hydrogens is 711 g/mol. The second-order valence-electron chi connectivity index (χ2n) is 16.0. The lowest BCUT2D eigenvalue weighted by Gasteiger charge is -2.53. The Kier molecular flexibility index (Phi) is 5.17. The van der Waals surface area contributed by atoms with Crippen LogP contribution in [-0.4, -0.2) is 32.2 Å². The third-order valence-corrected chi connectivity index (χ3v) is 20.1. The minimum Gasteiger partial charge on any atom is -0.278 e. The van der Waals surface area contributed by atoms with Crippen molar-refractivity contribution in [3.8, 4) is 23.3 Å². The van der Waals surface area contributed by atoms with Gasteiger partial charge in [-0.1, -0.05) is 198 Å². The molecule has 3 aromatic heterocycles. The predicted molar refractivity (Wildman–Crippen MR) is 240 cm³/mol. The average molecular weight is 784 g/mol. The van der Waals surface area contributed by atoms with E-state index in [1.54, 1.807) is 0 Å². The Labute approximate surface area is 365 Å². The summed E-state index contributed by atoms with van der Waals surface area (Å²) in [5.41, 5.74) is -1.46. The van der Waals surface area contributed by atoms with E-state index in [0.717, 1.165) is 105 Å². The van der Waals surface area contributed by atoms with Gasteiger partial charge in [0, 0.05) is 27.1 Å². The molecule has 0 bridgehead atoms. The number of fused-ring (bicyclic) bond motifs is 6. The molecule has 0 unspecified atom stereocenters. The van der Waals surface area contributed by atoms with E-state index >= 15 is 0 Å². The molecule has 6 heteroatoms. The van der Waals surface area contributed by atoms with Gasteiger partial charge < -0.3 is 0 Å². The van der Waals surface area contributed by atoms with Gasteiger partial charge in [-0.3, -0.25) is 9.13 Å². The maximum absolute atomic E-state index is 10.6. The third kappa shape index (κ3) is 5.80. The lowest BCUT2D eigenvalue weighted by molar-refractivity contribution is 0.421. The summed E-state index contributed by atoms with van der Waals surface area (Å²) in [6, 6.07) is -12.9. The first-order valence-electron chi connectivity index (χ1n) is 30.5. The molecule has 8 aromatic rings. The molecule has 3 aliphatic rings. The lowest BCUT2D eigenvalue weighted by Crippen LogP contribution is -2.60. The van der Waals surface area contributed by atoms with Crippen molar-refractivity contribution in [3.05, 3.63) is 121 Å². The van der Waals surface area contributed by atoms with Crippen molar-refractivity contribution in [2.45, 2.75) is 113 Å². The van der Waals surface area contributed by atoms with Crippen LogP contribution in [0, 0.1) is 0 Å². The fraction of sp³-hybridized carbons (Fsp3) is 0.353. The quantitative estimate of drug-likeness (QED) is 0.151. The first kappa shape index (κ1) is 20.1. The van der Waals surface area contributed by atoms with E-state index in [0.29, 0.717) is 5.19 Å². The highest BCUT2D eigenvalue weighted by Crippen LogP contribution is 2.56. The third-order valence-electron chi connectivity index (χ3n) is 13.2. The molecule has 0 radical (unpaired) electrons. The largest absolute Gasteiger partial charge is 0.278 e. The van der Waals surface area contributed by atoms with Gasteiger partial charge in [-0.15, -0.1) is 0 Å². The minimum absolute atomic E-state index is 0.163. The van der Waals surface area contributed by atoms with Crippen LogP contribution in [0.1, 0.15) is 124 Å². The standard InChI is InChI=1S/C51H53N5Si/c1-4-20-37(21-5-1)57(38-22-6-2-7-23-38,39-24-8-3-9-25-39)40-26-18-19-36(35-40)49-52-50(55-45-31-14-10-27-41(45)42-28-11-15-32-46(42)55)54-51(53-49)56-47-33-16-12-29-43(47)44-30-13-17-34-48(44)56/h10-19,26-35,37-39H,1-9,20-25H2/i10D,11D,12D,13D,14D,15D,16D,17D,18D,19D,26D,27D,28D,29D,30D,31D,32D,33D,34D,35D. The van der Waals surface area contributed by atoms with E-state index in [4.69, 9.17) is 31.4 Å². The Morgan fingerprint density at radius 3 is 1.18 bits per heavy atom. The Morgan fingerprint density at radius 1 is 0.421 bits per heavy atom. The SMILES string of the molecule is [2H]c1c([2H])c(-c2nc(-n3c4c([2H])c([2H])c([2H])c([2H])c4c4c([2H])c([2H])c([2H])c([2H])c43)nc(-n3c4c([2H])c([2H])c([2H])c([2H])c4c4c([2H])c([2H])c([2H])c([2H])c43)n2)c([2H])c([Si](C2CCCCC2)(C2CCCCC2)C2CCCCC2)c1[2H]. The lowest BCUT2D eigenvalue weighted by atomic mass is 9.98. The zero-order chi connectivity index (χ0) is 55.2. The first-order valence-corrected chi connectivity index (χ1v) is 22.7. The van der Waals surface area contributed by atoms with E-state index in [1.807, 2.05) is 0 Å². The summed E-state index contributed by atoms with van der Waals surface area (Å²) in [6.07, 6.45) is 14.5. The van der Waals surface area contributed by atoms with Gasteiger partial charge in [0.05, 0.1) is 57.6 Å². The van der Waals surface area contributed by atoms with Crippen LogP contribution >= 0.6 is 0 Å². The van der Waals surface area contributed by atoms with Gasteiger partial charge >= 0.3 is 0 Å². The fourth-order valence-electron chi connectivity index (χ4n) is 10.9. The van der Waals surface area contributed by atoms with Crippen LogP contribution < -0.4 is 5.19 Å². The van der Waals surface area contributed by atoms with Gasteiger partial charge in [-0.05, 0) is 40.8 Å². The molecule has 0 spiro atoms. The van der Waals surface area contributed by atoms with E-state index in [2.05, 4.69) is 0 Å². The normalized spacial score (nSPS) is 22.9. The molecule has 3 saturated carbocycles. The van der Waals surface area contributed by atoms with Crippen LogP contribution in [0.25, 0.3) is 66.9 Å². The first-order chi connectivity index (χ1) is 36.6. The van der Waals surface area contributed by atoms with Crippen LogP contribution in [0.2, 0.25) is 16.6 Å². The Bertz CT molecular complexity index is 3480. The maximum Gasteiger partial charge on any atom is 0.240 e. The van der Waals surface area contributed by atoms with Crippen molar-refractivity contribution in [3.63, 3.8) is 0 Å². The van der Waals surface area contributed by atoms with Gasteiger partial charge in [-0.25, -0.2) is 0 Å². The van der Waals surface area contributed by atoms with Gasteiger partial charge in [0.1, 0.15) is 0 Å². The number of aromatic nitrogens is 5. The van der Waals surface area contributed by atoms with E-state index < -0.39 is 157 Å². The summed E-state index contributed by atoms with van der Waals surface area (Å²) >= 11 is 0. The Hall–Kier alpha value is -5.07. The molecule has 5 aromatic carbocycles. The van der Waals surface area contributed by atoms with Crippen molar-refractivity contribution in [2.24, 2.45) is 0 Å². The smallest absolute Gasteiger partial charge is 0.240 e. The van der Waals surface area contributed by atoms with Crippen molar-refractivity contribution < 1.29 is 27.4 Å². The predicted octanol–water partition coefficient (Wildman–Crippen LogP) is 13.4. The second-order valence-corrected chi connectivity index (χ2v) is 20.8. The fourth-order valence-corrected chi connectivity index (χ4v) is 18.9. The molecule has 0 saturated heterocycles. The Morgan fingerprint density at radius 2 is 0.789 bits per heavy atom. The number of nitrogens with zero attached hydrogens (tertiary/aromatic N) is 5. The number of para-hydroxylation sites is 4. The monoisotopic (exact) mass is 784 g/mol. The summed E-state index contributed by atoms with van der Waals surface area (Å²) in [6.45, 7) is 0. The highest BCUT2D eigenvalue weighted by molar-refractivity contribution is 6.95. The molecule has 3 fully saturated rings. The van der Waals surface area contributed by atoms with E-state index in [9.17, 15) is 11.0 Å². The minimum atomic E-state index is -3.15. The summed E-state index contributed by atoms with van der Waals surface area (Å²) in [4.78, 5) is 14.6. The molecule has 286 valence electrons. The van der Waals surface area contributed by atoms with Crippen LogP contribution in [0.4, 0.5) is 0 Å². The molecule has 3 heterocycles. The molecule has 0 aliphatic heterocycles. The summed E-state index contributed by atoms with van der Waals surface area (Å²) in [5, 5.41) is -0.867. The molecule has 3 aliphatic carbocycles. The molecule has 57 heavy (non-hydrogen) atoms. The zero-order valence-corrected chi connectivity index (χ0v) is 32.6. The number of hydrogen-bond donors (Lipinski definition) is 0. The topological polar surface area (TPSA) is 48.5 Å². The van der Waals surface area contributed by atoms with E-state index in [-0.39, 0.29) is 55.8 Å². The summed E-state index contributed by atoms with van der Waals surface area (Å²) in [5.74, 6) is -1.77. The zero-order valence-electron chi connectivity index (χ0n) is 51.6. The highest BCUT2D eigenvalue weighted by Gasteiger charge is 2.53. The second kappa shape index (κ2) is 14.7. The van der Waals surface area contributed by atoms with Crippen molar-refractivity contribution >= 4 is 56.9 Å². The maximum atomic E-state index is 10.6. The molecule has 11 rings (SSSR count). The molecule has 0 atom stereocenters. The highest BCUT2D eigenvalue weighted by atomic mass is 28.3.